The van der Waals surface area contributed by atoms with Gasteiger partial charge in [0.2, 0.25) is 0 Å². The zero-order chi connectivity index (χ0) is 19.1. The van der Waals surface area contributed by atoms with E-state index >= 15 is 0 Å². The lowest BCUT2D eigenvalue weighted by Crippen LogP contribution is -2.21. The highest BCUT2D eigenvalue weighted by molar-refractivity contribution is 6.32. The van der Waals surface area contributed by atoms with Crippen LogP contribution in [0.2, 0.25) is 5.02 Å². The van der Waals surface area contributed by atoms with Crippen molar-refractivity contribution < 1.29 is 4.79 Å². The minimum atomic E-state index is -0.387. The molecule has 10 heteroatoms. The Labute approximate surface area is 164 Å². The van der Waals surface area contributed by atoms with E-state index in [1.165, 1.54) is 23.4 Å². The molecular weight excluding hydrogens is 380 g/mol. The molecular formula is C18H15ClN8O. The number of carbonyl (C=O) groups excluding carboxylic acids is 1. The molecule has 0 spiro atoms. The molecule has 1 aliphatic rings. The SMILES string of the molecule is O=C(Nc1cnc(-n2nccn2)c(Cl)c1)Nc1cnn2cccc2c1C1CC1. The number of aromatic nitrogens is 6. The Morgan fingerprint density at radius 3 is 2.71 bits per heavy atom. The van der Waals surface area contributed by atoms with E-state index in [2.05, 4.69) is 30.9 Å². The molecule has 4 heterocycles. The number of carbonyl (C=O) groups is 1. The second kappa shape index (κ2) is 6.61. The van der Waals surface area contributed by atoms with Gasteiger partial charge in [0, 0.05) is 11.8 Å². The van der Waals surface area contributed by atoms with Gasteiger partial charge < -0.3 is 10.6 Å². The van der Waals surface area contributed by atoms with Crippen molar-refractivity contribution in [3.05, 3.63) is 59.8 Å². The summed E-state index contributed by atoms with van der Waals surface area (Å²) in [6.07, 6.45) is 10.4. The minimum Gasteiger partial charge on any atom is -0.306 e. The zero-order valence-electron chi connectivity index (χ0n) is 14.6. The number of urea groups is 1. The summed E-state index contributed by atoms with van der Waals surface area (Å²) in [7, 11) is 0. The number of fused-ring (bicyclic) bond motifs is 1. The second-order valence-electron chi connectivity index (χ2n) is 6.51. The highest BCUT2D eigenvalue weighted by atomic mass is 35.5. The fourth-order valence-electron chi connectivity index (χ4n) is 3.17. The number of hydrogen-bond donors (Lipinski definition) is 2. The van der Waals surface area contributed by atoms with Crippen molar-refractivity contribution in [3.63, 3.8) is 0 Å². The largest absolute Gasteiger partial charge is 0.323 e. The first-order valence-electron chi connectivity index (χ1n) is 8.75. The van der Waals surface area contributed by atoms with Crippen LogP contribution in [0.25, 0.3) is 11.3 Å². The van der Waals surface area contributed by atoms with Gasteiger partial charge in [-0.2, -0.15) is 15.3 Å². The molecule has 9 nitrogen and oxygen atoms in total. The van der Waals surface area contributed by atoms with Gasteiger partial charge >= 0.3 is 6.03 Å². The summed E-state index contributed by atoms with van der Waals surface area (Å²) in [6, 6.07) is 5.17. The summed E-state index contributed by atoms with van der Waals surface area (Å²) in [4.78, 5) is 18.0. The van der Waals surface area contributed by atoms with Crippen LogP contribution in [-0.4, -0.2) is 35.6 Å². The maximum atomic E-state index is 12.5. The molecule has 140 valence electrons. The molecule has 0 atom stereocenters. The third-order valence-electron chi connectivity index (χ3n) is 4.53. The van der Waals surface area contributed by atoms with E-state index in [4.69, 9.17) is 11.6 Å². The molecule has 0 bridgehead atoms. The Morgan fingerprint density at radius 1 is 1.14 bits per heavy atom. The monoisotopic (exact) mass is 394 g/mol. The fraction of sp³-hybridized carbons (Fsp3) is 0.167. The van der Waals surface area contributed by atoms with E-state index in [1.54, 1.807) is 12.3 Å². The lowest BCUT2D eigenvalue weighted by molar-refractivity contribution is 0.262. The predicted octanol–water partition coefficient (Wildman–Crippen LogP) is 3.48. The van der Waals surface area contributed by atoms with Gasteiger partial charge in [0.15, 0.2) is 5.82 Å². The van der Waals surface area contributed by atoms with Crippen LogP contribution in [0.3, 0.4) is 0 Å². The summed E-state index contributed by atoms with van der Waals surface area (Å²) >= 11 is 6.24. The van der Waals surface area contributed by atoms with Crippen LogP contribution in [0.4, 0.5) is 16.2 Å². The number of anilines is 2. The van der Waals surface area contributed by atoms with Gasteiger partial charge in [-0.1, -0.05) is 11.6 Å². The van der Waals surface area contributed by atoms with Crippen LogP contribution in [0, 0.1) is 0 Å². The number of nitrogens with zero attached hydrogens (tertiary/aromatic N) is 6. The van der Waals surface area contributed by atoms with Crippen LogP contribution >= 0.6 is 11.6 Å². The summed E-state index contributed by atoms with van der Waals surface area (Å²) in [5, 5.41) is 18.3. The third kappa shape index (κ3) is 3.05. The number of amides is 2. The van der Waals surface area contributed by atoms with Crippen LogP contribution in [-0.2, 0) is 0 Å². The second-order valence-corrected chi connectivity index (χ2v) is 6.92. The van der Waals surface area contributed by atoms with Crippen molar-refractivity contribution in [2.75, 3.05) is 10.6 Å². The molecule has 0 unspecified atom stereocenters. The molecule has 0 aliphatic heterocycles. The molecule has 2 amide bonds. The smallest absolute Gasteiger partial charge is 0.306 e. The zero-order valence-corrected chi connectivity index (χ0v) is 15.3. The van der Waals surface area contributed by atoms with Crippen LogP contribution < -0.4 is 10.6 Å². The Balaban J connectivity index is 1.36. The fourth-order valence-corrected chi connectivity index (χ4v) is 3.41. The summed E-state index contributed by atoms with van der Waals surface area (Å²) in [6.45, 7) is 0. The Hall–Kier alpha value is -3.46. The van der Waals surface area contributed by atoms with Crippen LogP contribution in [0.5, 0.6) is 0 Å². The molecule has 0 saturated heterocycles. The van der Waals surface area contributed by atoms with Crippen LogP contribution in [0.1, 0.15) is 24.3 Å². The molecule has 28 heavy (non-hydrogen) atoms. The van der Waals surface area contributed by atoms with Crippen molar-refractivity contribution in [3.8, 4) is 5.82 Å². The first kappa shape index (κ1) is 16.7. The molecule has 5 rings (SSSR count). The van der Waals surface area contributed by atoms with Crippen LogP contribution in [0.15, 0.2) is 49.2 Å². The summed E-state index contributed by atoms with van der Waals surface area (Å²) in [5.41, 5.74) is 3.30. The Bertz CT molecular complexity index is 1170. The third-order valence-corrected chi connectivity index (χ3v) is 4.81. The average Bonchev–Trinajstić information content (AvgIpc) is 3.16. The van der Waals surface area contributed by atoms with E-state index in [1.807, 2.05) is 22.8 Å². The average molecular weight is 395 g/mol. The number of rotatable bonds is 4. The topological polar surface area (TPSA) is 102 Å². The Morgan fingerprint density at radius 2 is 1.96 bits per heavy atom. The number of hydrogen-bond acceptors (Lipinski definition) is 5. The van der Waals surface area contributed by atoms with Gasteiger partial charge in [-0.25, -0.2) is 14.3 Å². The van der Waals surface area contributed by atoms with Gasteiger partial charge in [-0.15, -0.1) is 4.80 Å². The van der Waals surface area contributed by atoms with Gasteiger partial charge in [0.1, 0.15) is 0 Å². The van der Waals surface area contributed by atoms with E-state index in [0.717, 1.165) is 23.9 Å². The number of pyridine rings is 1. The molecule has 4 aromatic rings. The van der Waals surface area contributed by atoms with Crippen molar-refractivity contribution in [2.24, 2.45) is 0 Å². The quantitative estimate of drug-likeness (QED) is 0.551. The maximum absolute atomic E-state index is 12.5. The molecule has 2 N–H and O–H groups in total. The first-order chi connectivity index (χ1) is 13.7. The van der Waals surface area contributed by atoms with Gasteiger partial charge in [-0.3, -0.25) is 0 Å². The minimum absolute atomic E-state index is 0.323. The predicted molar refractivity (Wildman–Crippen MR) is 104 cm³/mol. The normalized spacial score (nSPS) is 13.6. The molecule has 4 aromatic heterocycles. The Kier molecular flexibility index (Phi) is 3.94. The summed E-state index contributed by atoms with van der Waals surface area (Å²) < 4.78 is 1.82. The molecule has 0 radical (unpaired) electrons. The van der Waals surface area contributed by atoms with E-state index in [-0.39, 0.29) is 6.03 Å². The lowest BCUT2D eigenvalue weighted by Gasteiger charge is -2.13. The van der Waals surface area contributed by atoms with Crippen molar-refractivity contribution >= 4 is 34.5 Å². The molecule has 0 aromatic carbocycles. The van der Waals surface area contributed by atoms with Crippen molar-refractivity contribution in [2.45, 2.75) is 18.8 Å². The van der Waals surface area contributed by atoms with Gasteiger partial charge in [0.05, 0.1) is 46.7 Å². The standard InChI is InChI=1S/C18H15ClN8O/c19-13-8-12(9-20-17(13)27-21-5-6-22-27)24-18(28)25-14-10-23-26-7-1-2-15(26)16(14)11-3-4-11/h1-2,5-11H,3-4H2,(H2,24,25,28). The van der Waals surface area contributed by atoms with Crippen molar-refractivity contribution in [1.29, 1.82) is 0 Å². The molecule has 1 saturated carbocycles. The van der Waals surface area contributed by atoms with E-state index < -0.39 is 0 Å². The molecule has 1 aliphatic carbocycles. The number of nitrogens with one attached hydrogen (secondary N) is 2. The lowest BCUT2D eigenvalue weighted by atomic mass is 10.1. The first-order valence-corrected chi connectivity index (χ1v) is 9.13. The highest BCUT2D eigenvalue weighted by Gasteiger charge is 2.29. The number of halogens is 1. The van der Waals surface area contributed by atoms with E-state index in [9.17, 15) is 4.79 Å². The van der Waals surface area contributed by atoms with E-state index in [0.29, 0.717) is 28.1 Å². The maximum Gasteiger partial charge on any atom is 0.323 e. The van der Waals surface area contributed by atoms with Gasteiger partial charge in [0.25, 0.3) is 0 Å². The van der Waals surface area contributed by atoms with Crippen molar-refractivity contribution in [1.82, 2.24) is 29.6 Å². The summed E-state index contributed by atoms with van der Waals surface area (Å²) in [5.74, 6) is 0.837. The molecule has 1 fully saturated rings. The van der Waals surface area contributed by atoms with Gasteiger partial charge in [-0.05, 0) is 37.0 Å². The highest BCUT2D eigenvalue weighted by Crippen LogP contribution is 2.45.